The predicted octanol–water partition coefficient (Wildman–Crippen LogP) is 4.58. The van der Waals surface area contributed by atoms with Crippen LogP contribution in [0.2, 0.25) is 0 Å². The summed E-state index contributed by atoms with van der Waals surface area (Å²) in [7, 11) is 0. The van der Waals surface area contributed by atoms with Crippen molar-refractivity contribution < 1.29 is 26.7 Å². The Morgan fingerprint density at radius 1 is 0.743 bits per heavy atom. The van der Waals surface area contributed by atoms with E-state index in [4.69, 9.17) is 0 Å². The standard InChI is InChI=1S/C26H30N6O2.Ni/c1-5-31(6-2)21-11-9-19(25(33)13-21)17-29-23(15-27)24(16-28)30-18-20-10-12-22(14-26(20)34)32(7-3)8-4;/h9-14,17-18,33-34H,5-8H2,1-4H3;. The zero-order valence-electron chi connectivity index (χ0n) is 20.3. The molecular weight excluding hydrogens is 487 g/mol. The van der Waals surface area contributed by atoms with Gasteiger partial charge in [-0.3, -0.25) is 0 Å². The minimum atomic E-state index is -0.203. The molecule has 0 radical (unpaired) electrons. The Morgan fingerprint density at radius 2 is 1.09 bits per heavy atom. The third kappa shape index (κ3) is 7.60. The summed E-state index contributed by atoms with van der Waals surface area (Å²) in [6, 6.07) is 14.1. The van der Waals surface area contributed by atoms with Crippen LogP contribution >= 0.6 is 0 Å². The SMILES string of the molecule is CCN(CC)c1ccc(C=NC(C#N)=C(C#N)N=Cc2ccc(N(CC)CC)cc2O)c(O)c1.[Ni]. The number of phenolic OH excluding ortho intramolecular Hbond substituents is 2. The van der Waals surface area contributed by atoms with Crippen molar-refractivity contribution in [3.63, 3.8) is 0 Å². The van der Waals surface area contributed by atoms with Crippen LogP contribution in [0.1, 0.15) is 38.8 Å². The molecule has 35 heavy (non-hydrogen) atoms. The number of nitrogens with zero attached hydrogens (tertiary/aromatic N) is 6. The smallest absolute Gasteiger partial charge is 0.176 e. The summed E-state index contributed by atoms with van der Waals surface area (Å²) in [5.41, 5.74) is 2.18. The maximum absolute atomic E-state index is 10.3. The molecule has 2 aromatic rings. The summed E-state index contributed by atoms with van der Waals surface area (Å²) >= 11 is 0. The van der Waals surface area contributed by atoms with Crippen LogP contribution in [-0.4, -0.2) is 48.8 Å². The summed E-state index contributed by atoms with van der Waals surface area (Å²) in [5.74, 6) is 0.0383. The second-order valence-electron chi connectivity index (χ2n) is 7.27. The Balaban J connectivity index is 0.00000612. The van der Waals surface area contributed by atoms with Crippen LogP contribution in [0.15, 0.2) is 57.8 Å². The number of hydrogen-bond acceptors (Lipinski definition) is 8. The average Bonchev–Trinajstić information content (AvgIpc) is 2.84. The van der Waals surface area contributed by atoms with E-state index in [9.17, 15) is 20.7 Å². The predicted molar refractivity (Wildman–Crippen MR) is 137 cm³/mol. The van der Waals surface area contributed by atoms with Gasteiger partial charge in [0.1, 0.15) is 23.6 Å². The van der Waals surface area contributed by atoms with E-state index in [1.807, 2.05) is 52.0 Å². The molecule has 0 aliphatic carbocycles. The van der Waals surface area contributed by atoms with Crippen molar-refractivity contribution in [2.24, 2.45) is 9.98 Å². The summed E-state index contributed by atoms with van der Waals surface area (Å²) in [6.45, 7) is 11.4. The van der Waals surface area contributed by atoms with Gasteiger partial charge in [-0.25, -0.2) is 9.98 Å². The van der Waals surface area contributed by atoms with Crippen molar-refractivity contribution in [2.45, 2.75) is 27.7 Å². The van der Waals surface area contributed by atoms with E-state index in [1.54, 1.807) is 24.3 Å². The van der Waals surface area contributed by atoms with Crippen LogP contribution < -0.4 is 9.80 Å². The number of allylic oxidation sites excluding steroid dienone is 2. The molecule has 0 aliphatic heterocycles. The Kier molecular flexibility index (Phi) is 12.1. The quantitative estimate of drug-likeness (QED) is 0.271. The van der Waals surface area contributed by atoms with E-state index >= 15 is 0 Å². The van der Waals surface area contributed by atoms with Crippen LogP contribution in [0.25, 0.3) is 0 Å². The first-order valence-electron chi connectivity index (χ1n) is 11.2. The number of hydrogen-bond donors (Lipinski definition) is 2. The first-order valence-corrected chi connectivity index (χ1v) is 11.2. The van der Waals surface area contributed by atoms with Crippen molar-refractivity contribution in [3.8, 4) is 23.6 Å². The van der Waals surface area contributed by atoms with Gasteiger partial charge in [-0.05, 0) is 52.0 Å². The molecule has 0 saturated carbocycles. The third-order valence-electron chi connectivity index (χ3n) is 5.39. The molecule has 0 atom stereocenters. The number of benzene rings is 2. The van der Waals surface area contributed by atoms with Gasteiger partial charge in [0.25, 0.3) is 0 Å². The molecule has 186 valence electrons. The van der Waals surface area contributed by atoms with E-state index in [2.05, 4.69) is 19.8 Å². The molecule has 0 heterocycles. The van der Waals surface area contributed by atoms with E-state index in [1.165, 1.54) is 12.4 Å². The van der Waals surface area contributed by atoms with Crippen molar-refractivity contribution >= 4 is 23.8 Å². The van der Waals surface area contributed by atoms with Crippen molar-refractivity contribution in [1.82, 2.24) is 0 Å². The monoisotopic (exact) mass is 516 g/mol. The van der Waals surface area contributed by atoms with E-state index in [0.717, 1.165) is 37.6 Å². The Hall–Kier alpha value is -3.81. The Bertz CT molecular complexity index is 1080. The van der Waals surface area contributed by atoms with Gasteiger partial charge in [-0.2, -0.15) is 10.5 Å². The minimum absolute atomic E-state index is 0. The molecular formula is C26H30N6NiO2. The summed E-state index contributed by atoms with van der Waals surface area (Å²) in [4.78, 5) is 12.3. The molecule has 2 aromatic carbocycles. The van der Waals surface area contributed by atoms with Gasteiger partial charge in [-0.15, -0.1) is 0 Å². The van der Waals surface area contributed by atoms with Crippen LogP contribution in [0.5, 0.6) is 11.5 Å². The molecule has 0 spiro atoms. The molecule has 9 heteroatoms. The van der Waals surface area contributed by atoms with Crippen molar-refractivity contribution in [3.05, 3.63) is 58.9 Å². The van der Waals surface area contributed by atoms with Crippen molar-refractivity contribution in [1.29, 1.82) is 10.5 Å². The normalized spacial score (nSPS) is 11.5. The first-order chi connectivity index (χ1) is 16.4. The van der Waals surface area contributed by atoms with Gasteiger partial charge in [0.2, 0.25) is 0 Å². The van der Waals surface area contributed by atoms with E-state index < -0.39 is 0 Å². The number of anilines is 2. The van der Waals surface area contributed by atoms with E-state index in [0.29, 0.717) is 11.1 Å². The van der Waals surface area contributed by atoms with Crippen molar-refractivity contribution in [2.75, 3.05) is 36.0 Å². The fraction of sp³-hybridized carbons (Fsp3) is 0.308. The van der Waals surface area contributed by atoms with Gasteiger partial charge >= 0.3 is 0 Å². The van der Waals surface area contributed by atoms with E-state index in [-0.39, 0.29) is 39.4 Å². The van der Waals surface area contributed by atoms with Crippen LogP contribution in [0, 0.1) is 22.7 Å². The van der Waals surface area contributed by atoms with Gasteiger partial charge in [0.15, 0.2) is 11.4 Å². The number of rotatable bonds is 10. The average molecular weight is 517 g/mol. The molecule has 0 bridgehead atoms. The summed E-state index contributed by atoms with van der Waals surface area (Å²) < 4.78 is 0. The molecule has 0 amide bonds. The van der Waals surface area contributed by atoms with Gasteiger partial charge < -0.3 is 20.0 Å². The molecule has 8 nitrogen and oxygen atoms in total. The molecule has 2 rings (SSSR count). The zero-order chi connectivity index (χ0) is 25.1. The second-order valence-corrected chi connectivity index (χ2v) is 7.27. The molecule has 2 N–H and O–H groups in total. The molecule has 0 fully saturated rings. The fourth-order valence-corrected chi connectivity index (χ4v) is 3.41. The van der Waals surface area contributed by atoms with Gasteiger partial charge in [-0.1, -0.05) is 0 Å². The van der Waals surface area contributed by atoms with Gasteiger partial charge in [0, 0.05) is 89.7 Å². The third-order valence-corrected chi connectivity index (χ3v) is 5.39. The summed E-state index contributed by atoms with van der Waals surface area (Å²) in [5, 5.41) is 39.7. The number of nitriles is 2. The summed E-state index contributed by atoms with van der Waals surface area (Å²) in [6.07, 6.45) is 2.65. The maximum Gasteiger partial charge on any atom is 0.176 e. The van der Waals surface area contributed by atoms with Gasteiger partial charge in [0.05, 0.1) is 0 Å². The Labute approximate surface area is 217 Å². The number of phenols is 2. The maximum atomic E-state index is 10.3. The molecule has 0 unspecified atom stereocenters. The molecule has 0 aliphatic rings. The minimum Gasteiger partial charge on any atom is -0.507 e. The topological polar surface area (TPSA) is 119 Å². The number of aromatic hydroxyl groups is 2. The Morgan fingerprint density at radius 3 is 1.34 bits per heavy atom. The fourth-order valence-electron chi connectivity index (χ4n) is 3.41. The number of aliphatic imine (C=N–C) groups is 2. The molecule has 0 saturated heterocycles. The largest absolute Gasteiger partial charge is 0.507 e. The first kappa shape index (κ1) is 29.2. The molecule has 0 aromatic heterocycles. The zero-order valence-corrected chi connectivity index (χ0v) is 21.3. The van der Waals surface area contributed by atoms with Crippen LogP contribution in [0.4, 0.5) is 11.4 Å². The van der Waals surface area contributed by atoms with Crippen LogP contribution in [-0.2, 0) is 16.5 Å². The second kappa shape index (κ2) is 14.5. The van der Waals surface area contributed by atoms with Crippen LogP contribution in [0.3, 0.4) is 0 Å².